The van der Waals surface area contributed by atoms with Gasteiger partial charge >= 0.3 is 0 Å². The minimum absolute atomic E-state index is 0.0634. The normalized spacial score (nSPS) is 13.4. The molecule has 0 atom stereocenters. The van der Waals surface area contributed by atoms with Crippen LogP contribution in [0.15, 0.2) is 104 Å². The second-order valence-corrected chi connectivity index (χ2v) is 12.8. The van der Waals surface area contributed by atoms with Crippen LogP contribution in [-0.2, 0) is 4.79 Å². The lowest BCUT2D eigenvalue weighted by molar-refractivity contribution is -0.126. The highest BCUT2D eigenvalue weighted by Gasteiger charge is 2.21. The number of aromatic nitrogens is 3. The first-order chi connectivity index (χ1) is 24.7. The van der Waals surface area contributed by atoms with E-state index in [4.69, 9.17) is 0 Å². The van der Waals surface area contributed by atoms with E-state index in [-0.39, 0.29) is 23.8 Å². The fourth-order valence-corrected chi connectivity index (χ4v) is 5.79. The third-order valence-corrected chi connectivity index (χ3v) is 8.58. The fraction of sp³-hybridized carbons (Fsp3) is 0.231. The van der Waals surface area contributed by atoms with Gasteiger partial charge in [0.15, 0.2) is 0 Å². The molecule has 1 fully saturated rings. The molecule has 6 rings (SSSR count). The number of pyridine rings is 1. The van der Waals surface area contributed by atoms with Gasteiger partial charge < -0.3 is 31.1 Å². The van der Waals surface area contributed by atoms with Crippen molar-refractivity contribution in [2.75, 3.05) is 55.0 Å². The maximum Gasteiger partial charge on any atom is 0.256 e. The van der Waals surface area contributed by atoms with Gasteiger partial charge in [-0.15, -0.1) is 0 Å². The van der Waals surface area contributed by atoms with Gasteiger partial charge in [0, 0.05) is 77.7 Å². The van der Waals surface area contributed by atoms with Gasteiger partial charge in [-0.25, -0.2) is 9.97 Å². The number of rotatable bonds is 11. The summed E-state index contributed by atoms with van der Waals surface area (Å²) in [6.07, 6.45) is 11.8. The van der Waals surface area contributed by atoms with Crippen molar-refractivity contribution in [2.45, 2.75) is 25.8 Å². The summed E-state index contributed by atoms with van der Waals surface area (Å²) in [6.45, 7) is 4.00. The Hall–Kier alpha value is -6.14. The average Bonchev–Trinajstić information content (AvgIpc) is 3.13. The SMILES string of the molecule is Cc1ccc(NC(=O)c2ccc3cnccc3c2)cc1C(=O)Nc1cnc(Nc2cccc(NC3CCN(C(=O)/C=C/CN(C)C)CC3)c2)nc1. The number of fused-ring (bicyclic) bond motifs is 1. The fourth-order valence-electron chi connectivity index (χ4n) is 5.79. The summed E-state index contributed by atoms with van der Waals surface area (Å²) in [5, 5.41) is 14.4. The van der Waals surface area contributed by atoms with Crippen LogP contribution in [0, 0.1) is 6.92 Å². The van der Waals surface area contributed by atoms with E-state index in [1.54, 1.807) is 42.7 Å². The van der Waals surface area contributed by atoms with Gasteiger partial charge in [0.25, 0.3) is 11.8 Å². The molecule has 0 aliphatic carbocycles. The predicted octanol–water partition coefficient (Wildman–Crippen LogP) is 6.10. The number of carbonyl (C=O) groups is 3. The number of carbonyl (C=O) groups excluding carboxylic acids is 3. The van der Waals surface area contributed by atoms with Crippen molar-refractivity contribution in [1.29, 1.82) is 0 Å². The molecule has 260 valence electrons. The molecule has 0 bridgehead atoms. The van der Waals surface area contributed by atoms with Crippen molar-refractivity contribution in [3.63, 3.8) is 0 Å². The van der Waals surface area contributed by atoms with Gasteiger partial charge in [0.05, 0.1) is 18.1 Å². The molecular formula is C39H41N9O3. The molecule has 0 saturated carbocycles. The number of nitrogens with one attached hydrogen (secondary N) is 4. The zero-order valence-electron chi connectivity index (χ0n) is 28.9. The summed E-state index contributed by atoms with van der Waals surface area (Å²) in [5.74, 6) is -0.181. The number of amides is 3. The summed E-state index contributed by atoms with van der Waals surface area (Å²) in [4.78, 5) is 55.5. The van der Waals surface area contributed by atoms with Gasteiger partial charge in [0.2, 0.25) is 11.9 Å². The molecule has 12 nitrogen and oxygen atoms in total. The van der Waals surface area contributed by atoms with E-state index in [1.165, 1.54) is 12.4 Å². The van der Waals surface area contributed by atoms with Crippen molar-refractivity contribution in [2.24, 2.45) is 0 Å². The second kappa shape index (κ2) is 16.0. The summed E-state index contributed by atoms with van der Waals surface area (Å²) < 4.78 is 0. The van der Waals surface area contributed by atoms with Crippen LogP contribution in [0.1, 0.15) is 39.1 Å². The predicted molar refractivity (Wildman–Crippen MR) is 202 cm³/mol. The largest absolute Gasteiger partial charge is 0.382 e. The summed E-state index contributed by atoms with van der Waals surface area (Å²) >= 11 is 0. The molecule has 2 aromatic heterocycles. The molecule has 51 heavy (non-hydrogen) atoms. The maximum absolute atomic E-state index is 13.2. The van der Waals surface area contributed by atoms with Crippen LogP contribution in [0.4, 0.5) is 28.7 Å². The zero-order valence-corrected chi connectivity index (χ0v) is 28.9. The van der Waals surface area contributed by atoms with E-state index in [0.29, 0.717) is 41.5 Å². The molecule has 3 heterocycles. The van der Waals surface area contributed by atoms with E-state index in [2.05, 4.69) is 36.2 Å². The van der Waals surface area contributed by atoms with Crippen LogP contribution >= 0.6 is 0 Å². The first-order valence-electron chi connectivity index (χ1n) is 16.8. The van der Waals surface area contributed by atoms with E-state index < -0.39 is 0 Å². The van der Waals surface area contributed by atoms with Crippen molar-refractivity contribution in [3.05, 3.63) is 120 Å². The number of benzene rings is 3. The Labute approximate surface area is 297 Å². The van der Waals surface area contributed by atoms with Crippen LogP contribution in [0.2, 0.25) is 0 Å². The molecule has 3 aromatic carbocycles. The lowest BCUT2D eigenvalue weighted by Crippen LogP contribution is -2.41. The minimum atomic E-state index is -0.346. The summed E-state index contributed by atoms with van der Waals surface area (Å²) in [5.41, 5.74) is 4.37. The Balaban J connectivity index is 1.01. The van der Waals surface area contributed by atoms with Crippen LogP contribution in [-0.4, -0.2) is 82.2 Å². The number of nitrogens with zero attached hydrogens (tertiary/aromatic N) is 5. The average molecular weight is 684 g/mol. The second-order valence-electron chi connectivity index (χ2n) is 12.8. The molecule has 1 aliphatic rings. The van der Waals surface area contributed by atoms with E-state index >= 15 is 0 Å². The van der Waals surface area contributed by atoms with Crippen molar-refractivity contribution in [3.8, 4) is 0 Å². The van der Waals surface area contributed by atoms with E-state index in [9.17, 15) is 14.4 Å². The Morgan fingerprint density at radius 3 is 2.37 bits per heavy atom. The van der Waals surface area contributed by atoms with Crippen molar-refractivity contribution < 1.29 is 14.4 Å². The topological polar surface area (TPSA) is 144 Å². The van der Waals surface area contributed by atoms with Crippen LogP contribution in [0.3, 0.4) is 0 Å². The Morgan fingerprint density at radius 2 is 1.59 bits per heavy atom. The third kappa shape index (κ3) is 9.31. The number of aryl methyl sites for hydroxylation is 1. The third-order valence-electron chi connectivity index (χ3n) is 8.58. The highest BCUT2D eigenvalue weighted by atomic mass is 16.2. The molecule has 3 amide bonds. The number of likely N-dealkylation sites (tertiary alicyclic amines) is 1. The molecule has 0 radical (unpaired) electrons. The quantitative estimate of drug-likeness (QED) is 0.121. The molecule has 1 saturated heterocycles. The van der Waals surface area contributed by atoms with Crippen LogP contribution in [0.5, 0.6) is 0 Å². The highest BCUT2D eigenvalue weighted by Crippen LogP contribution is 2.23. The number of hydrogen-bond donors (Lipinski definition) is 4. The Morgan fingerprint density at radius 1 is 0.824 bits per heavy atom. The summed E-state index contributed by atoms with van der Waals surface area (Å²) in [7, 11) is 3.95. The van der Waals surface area contributed by atoms with Gasteiger partial charge in [-0.05, 0) is 93.3 Å². The van der Waals surface area contributed by atoms with Gasteiger partial charge in [-0.3, -0.25) is 19.4 Å². The Bertz CT molecular complexity index is 2060. The lowest BCUT2D eigenvalue weighted by Gasteiger charge is -2.32. The summed E-state index contributed by atoms with van der Waals surface area (Å²) in [6, 6.07) is 20.6. The maximum atomic E-state index is 13.2. The molecule has 1 aliphatic heterocycles. The smallest absolute Gasteiger partial charge is 0.256 e. The standard InChI is InChI=1S/C39H41N9O3/c1-26-9-12-33(44-37(50)28-10-11-29-23-40-16-13-27(29)20-28)22-35(26)38(51)45-34-24-41-39(42-25-34)46-32-7-4-6-31(21-32)43-30-14-18-48(19-15-30)36(49)8-5-17-47(2)3/h4-13,16,20-25,30,43H,14-15,17-19H2,1-3H3,(H,44,50)(H,45,51)(H,41,42,46)/b8-5+. The van der Waals surface area contributed by atoms with Crippen molar-refractivity contribution in [1.82, 2.24) is 24.8 Å². The first-order valence-corrected chi connectivity index (χ1v) is 16.8. The molecule has 0 spiro atoms. The van der Waals surface area contributed by atoms with Crippen LogP contribution < -0.4 is 21.3 Å². The first kappa shape index (κ1) is 34.7. The Kier molecular flexibility index (Phi) is 10.9. The molecule has 4 N–H and O–H groups in total. The number of likely N-dealkylation sites (N-methyl/N-ethyl adjacent to an activating group) is 1. The lowest BCUT2D eigenvalue weighted by atomic mass is 10.0. The minimum Gasteiger partial charge on any atom is -0.382 e. The van der Waals surface area contributed by atoms with E-state index in [1.807, 2.05) is 79.4 Å². The zero-order chi connectivity index (χ0) is 35.7. The van der Waals surface area contributed by atoms with E-state index in [0.717, 1.165) is 47.1 Å². The van der Waals surface area contributed by atoms with Gasteiger partial charge in [-0.2, -0.15) is 0 Å². The van der Waals surface area contributed by atoms with Gasteiger partial charge in [0.1, 0.15) is 0 Å². The monoisotopic (exact) mass is 683 g/mol. The molecule has 5 aromatic rings. The van der Waals surface area contributed by atoms with Crippen molar-refractivity contribution >= 4 is 57.2 Å². The van der Waals surface area contributed by atoms with Crippen LogP contribution in [0.25, 0.3) is 10.8 Å². The molecular weight excluding hydrogens is 642 g/mol. The number of piperidine rings is 1. The molecule has 0 unspecified atom stereocenters. The number of anilines is 5. The highest BCUT2D eigenvalue weighted by molar-refractivity contribution is 6.09. The van der Waals surface area contributed by atoms with Gasteiger partial charge in [-0.1, -0.05) is 24.3 Å². The molecule has 12 heteroatoms. The number of hydrogen-bond acceptors (Lipinski definition) is 9.